The Hall–Kier alpha value is -3.23. The maximum atomic E-state index is 13.3. The molecule has 0 radical (unpaired) electrons. The number of esters is 1. The zero-order chi connectivity index (χ0) is 23.3. The minimum absolute atomic E-state index is 0.0310. The van der Waals surface area contributed by atoms with Gasteiger partial charge in [0.25, 0.3) is 5.91 Å². The molecular weight excluding hydrogens is 415 g/mol. The van der Waals surface area contributed by atoms with Crippen LogP contribution in [-0.4, -0.2) is 58.2 Å². The summed E-state index contributed by atoms with van der Waals surface area (Å²) in [5, 5.41) is 7.18. The molecule has 1 aliphatic rings. The lowest BCUT2D eigenvalue weighted by molar-refractivity contribution is -0.138. The molecule has 2 amide bonds. The van der Waals surface area contributed by atoms with Gasteiger partial charge < -0.3 is 15.0 Å². The molecule has 0 unspecified atom stereocenters. The Labute approximate surface area is 186 Å². The summed E-state index contributed by atoms with van der Waals surface area (Å²) in [7, 11) is 0. The lowest BCUT2D eigenvalue weighted by atomic mass is 9.95. The smallest absolute Gasteiger partial charge is 0.359 e. The first-order valence-corrected chi connectivity index (χ1v) is 10.9. The summed E-state index contributed by atoms with van der Waals surface area (Å²) in [6, 6.07) is 5.88. The Bertz CT molecular complexity index is 985. The van der Waals surface area contributed by atoms with Gasteiger partial charge in [-0.05, 0) is 70.7 Å². The first-order chi connectivity index (χ1) is 15.3. The molecule has 0 atom stereocenters. The minimum Gasteiger partial charge on any atom is -0.451 e. The second-order valence-corrected chi connectivity index (χ2v) is 8.08. The van der Waals surface area contributed by atoms with Crippen molar-refractivity contribution in [2.24, 2.45) is 0 Å². The van der Waals surface area contributed by atoms with Crippen molar-refractivity contribution >= 4 is 17.8 Å². The number of amides is 2. The van der Waals surface area contributed by atoms with Crippen LogP contribution in [0.25, 0.3) is 5.69 Å². The van der Waals surface area contributed by atoms with Crippen molar-refractivity contribution in [1.82, 2.24) is 20.0 Å². The molecule has 9 heteroatoms. The van der Waals surface area contributed by atoms with Crippen LogP contribution < -0.4 is 5.32 Å². The average molecular weight is 445 g/mol. The van der Waals surface area contributed by atoms with E-state index in [-0.39, 0.29) is 30.0 Å². The van der Waals surface area contributed by atoms with Gasteiger partial charge >= 0.3 is 5.97 Å². The first kappa shape index (κ1) is 23.4. The Morgan fingerprint density at radius 2 is 1.88 bits per heavy atom. The lowest BCUT2D eigenvalue weighted by Gasteiger charge is -2.21. The lowest BCUT2D eigenvalue weighted by Crippen LogP contribution is -2.44. The predicted molar refractivity (Wildman–Crippen MR) is 116 cm³/mol. The molecule has 0 saturated heterocycles. The number of nitrogens with one attached hydrogen (secondary N) is 1. The van der Waals surface area contributed by atoms with Gasteiger partial charge in [-0.1, -0.05) is 0 Å². The number of halogens is 1. The van der Waals surface area contributed by atoms with E-state index in [2.05, 4.69) is 10.4 Å². The van der Waals surface area contributed by atoms with Crippen molar-refractivity contribution in [3.63, 3.8) is 0 Å². The Morgan fingerprint density at radius 3 is 2.53 bits per heavy atom. The molecule has 172 valence electrons. The van der Waals surface area contributed by atoms with E-state index >= 15 is 0 Å². The van der Waals surface area contributed by atoms with Crippen LogP contribution in [-0.2, 0) is 27.2 Å². The van der Waals surface area contributed by atoms with Crippen LogP contribution in [0, 0.1) is 5.82 Å². The molecular formula is C23H29FN4O4. The summed E-state index contributed by atoms with van der Waals surface area (Å²) < 4.78 is 20.2. The van der Waals surface area contributed by atoms with E-state index in [1.54, 1.807) is 23.7 Å². The third-order valence-electron chi connectivity index (χ3n) is 5.29. The number of nitrogens with zero attached hydrogens (tertiary/aromatic N) is 3. The van der Waals surface area contributed by atoms with E-state index in [1.165, 1.54) is 17.0 Å². The zero-order valence-corrected chi connectivity index (χ0v) is 18.7. The molecule has 0 aliphatic heterocycles. The quantitative estimate of drug-likeness (QED) is 0.631. The van der Waals surface area contributed by atoms with E-state index < -0.39 is 18.5 Å². The van der Waals surface area contributed by atoms with E-state index in [4.69, 9.17) is 4.74 Å². The Kier molecular flexibility index (Phi) is 7.61. The molecule has 3 rings (SSSR count). The first-order valence-electron chi connectivity index (χ1n) is 10.9. The van der Waals surface area contributed by atoms with Gasteiger partial charge in [0.15, 0.2) is 12.3 Å². The average Bonchev–Trinajstić information content (AvgIpc) is 3.15. The highest BCUT2D eigenvalue weighted by molar-refractivity contribution is 5.92. The molecule has 1 aromatic heterocycles. The van der Waals surface area contributed by atoms with Crippen molar-refractivity contribution in [1.29, 1.82) is 0 Å². The van der Waals surface area contributed by atoms with Gasteiger partial charge in [-0.2, -0.15) is 5.10 Å². The summed E-state index contributed by atoms with van der Waals surface area (Å²) >= 11 is 0. The molecule has 1 aliphatic carbocycles. The maximum absolute atomic E-state index is 13.3. The Morgan fingerprint density at radius 1 is 1.19 bits per heavy atom. The van der Waals surface area contributed by atoms with Crippen LogP contribution in [0.5, 0.6) is 0 Å². The number of benzene rings is 1. The molecule has 0 spiro atoms. The highest BCUT2D eigenvalue weighted by Gasteiger charge is 2.27. The third kappa shape index (κ3) is 5.52. The standard InChI is InChI=1S/C23H29FN4O4/c1-4-27(13-20(29)25-15(2)3)21(30)14-32-23(31)22-18-7-5-6-8-19(18)28(26-22)17-11-9-16(24)10-12-17/h9-12,15H,4-8,13-14H2,1-3H3,(H,25,29). The number of fused-ring (bicyclic) bond motifs is 1. The highest BCUT2D eigenvalue weighted by atomic mass is 19.1. The van der Waals surface area contributed by atoms with Gasteiger partial charge in [-0.25, -0.2) is 13.9 Å². The van der Waals surface area contributed by atoms with Gasteiger partial charge in [-0.3, -0.25) is 9.59 Å². The summed E-state index contributed by atoms with van der Waals surface area (Å²) in [5.41, 5.74) is 2.55. The molecule has 8 nitrogen and oxygen atoms in total. The number of carbonyl (C=O) groups excluding carboxylic acids is 3. The molecule has 1 N–H and O–H groups in total. The van der Waals surface area contributed by atoms with Crippen molar-refractivity contribution < 1.29 is 23.5 Å². The van der Waals surface area contributed by atoms with Gasteiger partial charge in [0, 0.05) is 23.8 Å². The van der Waals surface area contributed by atoms with E-state index in [1.807, 2.05) is 13.8 Å². The number of aromatic nitrogens is 2. The molecule has 1 aromatic carbocycles. The number of rotatable bonds is 8. The van der Waals surface area contributed by atoms with E-state index in [9.17, 15) is 18.8 Å². The van der Waals surface area contributed by atoms with Crippen molar-refractivity contribution in [2.75, 3.05) is 19.7 Å². The minimum atomic E-state index is -0.681. The summed E-state index contributed by atoms with van der Waals surface area (Å²) in [4.78, 5) is 38.6. The third-order valence-corrected chi connectivity index (χ3v) is 5.29. The van der Waals surface area contributed by atoms with Crippen molar-refractivity contribution in [3.8, 4) is 5.69 Å². The normalized spacial score (nSPS) is 12.9. The second-order valence-electron chi connectivity index (χ2n) is 8.08. The van der Waals surface area contributed by atoms with Crippen LogP contribution in [0.3, 0.4) is 0 Å². The molecule has 0 saturated carbocycles. The largest absolute Gasteiger partial charge is 0.451 e. The topological polar surface area (TPSA) is 93.5 Å². The monoisotopic (exact) mass is 444 g/mol. The molecule has 2 aromatic rings. The number of hydrogen-bond donors (Lipinski definition) is 1. The summed E-state index contributed by atoms with van der Waals surface area (Å²) in [6.45, 7) is 5.17. The van der Waals surface area contributed by atoms with Crippen molar-refractivity contribution in [3.05, 3.63) is 47.0 Å². The number of likely N-dealkylation sites (N-methyl/N-ethyl adjacent to an activating group) is 1. The predicted octanol–water partition coefficient (Wildman–Crippen LogP) is 2.42. The van der Waals surface area contributed by atoms with Gasteiger partial charge in [0.2, 0.25) is 5.91 Å². The van der Waals surface area contributed by atoms with Crippen LogP contribution in [0.15, 0.2) is 24.3 Å². The van der Waals surface area contributed by atoms with Crippen LogP contribution >= 0.6 is 0 Å². The molecule has 0 bridgehead atoms. The Balaban J connectivity index is 1.71. The number of carbonyl (C=O) groups is 3. The second kappa shape index (κ2) is 10.4. The number of hydrogen-bond acceptors (Lipinski definition) is 5. The van der Waals surface area contributed by atoms with Crippen LogP contribution in [0.4, 0.5) is 4.39 Å². The fraction of sp³-hybridized carbons (Fsp3) is 0.478. The SMILES string of the molecule is CCN(CC(=O)NC(C)C)C(=O)COC(=O)c1nn(-c2ccc(F)cc2)c2c1CCCC2. The van der Waals surface area contributed by atoms with E-state index in [0.717, 1.165) is 30.5 Å². The molecule has 0 fully saturated rings. The summed E-state index contributed by atoms with van der Waals surface area (Å²) in [6.07, 6.45) is 3.33. The zero-order valence-electron chi connectivity index (χ0n) is 18.7. The van der Waals surface area contributed by atoms with Crippen LogP contribution in [0.1, 0.15) is 55.4 Å². The number of ether oxygens (including phenoxy) is 1. The fourth-order valence-corrected chi connectivity index (χ4v) is 3.76. The molecule has 1 heterocycles. The van der Waals surface area contributed by atoms with Crippen molar-refractivity contribution in [2.45, 2.75) is 52.5 Å². The summed E-state index contributed by atoms with van der Waals surface area (Å²) in [5.74, 6) is -1.75. The van der Waals surface area contributed by atoms with Gasteiger partial charge in [0.1, 0.15) is 5.82 Å². The molecule has 32 heavy (non-hydrogen) atoms. The van der Waals surface area contributed by atoms with Gasteiger partial charge in [0.05, 0.1) is 12.2 Å². The highest BCUT2D eigenvalue weighted by Crippen LogP contribution is 2.27. The maximum Gasteiger partial charge on any atom is 0.359 e. The van der Waals surface area contributed by atoms with Gasteiger partial charge in [-0.15, -0.1) is 0 Å². The van der Waals surface area contributed by atoms with Crippen LogP contribution in [0.2, 0.25) is 0 Å². The van der Waals surface area contributed by atoms with E-state index in [0.29, 0.717) is 18.7 Å². The fourth-order valence-electron chi connectivity index (χ4n) is 3.76.